The van der Waals surface area contributed by atoms with E-state index in [1.165, 1.54) is 24.5 Å². The fourth-order valence-corrected chi connectivity index (χ4v) is 3.02. The molecule has 0 radical (unpaired) electrons. The van der Waals surface area contributed by atoms with Crippen molar-refractivity contribution >= 4 is 5.91 Å². The number of benzene rings is 1. The molecule has 1 aliphatic carbocycles. The molecule has 0 saturated heterocycles. The molecule has 1 fully saturated rings. The first-order chi connectivity index (χ1) is 14.8. The molecule has 162 valence electrons. The summed E-state index contributed by atoms with van der Waals surface area (Å²) in [5.41, 5.74) is 0.204. The van der Waals surface area contributed by atoms with Crippen LogP contribution in [0.25, 0.3) is 11.3 Å². The Balaban J connectivity index is 1.57. The van der Waals surface area contributed by atoms with Crippen LogP contribution in [0.1, 0.15) is 28.8 Å². The Hall–Kier alpha value is -3.40. The summed E-state index contributed by atoms with van der Waals surface area (Å²) in [7, 11) is 0. The summed E-state index contributed by atoms with van der Waals surface area (Å²) >= 11 is 0. The minimum Gasteiger partial charge on any atom is -0.438 e. The van der Waals surface area contributed by atoms with Gasteiger partial charge in [-0.2, -0.15) is 18.3 Å². The molecule has 0 spiro atoms. The zero-order chi connectivity index (χ0) is 22.1. The molecular formula is C21H19F3N4O3. The summed E-state index contributed by atoms with van der Waals surface area (Å²) in [6.45, 7) is 0.385. The van der Waals surface area contributed by atoms with Crippen LogP contribution in [0, 0.1) is 5.41 Å². The van der Waals surface area contributed by atoms with Gasteiger partial charge in [0, 0.05) is 24.4 Å². The number of aromatic amines is 1. The highest BCUT2D eigenvalue weighted by Crippen LogP contribution is 2.44. The van der Waals surface area contributed by atoms with E-state index in [4.69, 9.17) is 4.74 Å². The van der Waals surface area contributed by atoms with Gasteiger partial charge < -0.3 is 15.2 Å². The predicted molar refractivity (Wildman–Crippen MR) is 104 cm³/mol. The van der Waals surface area contributed by atoms with E-state index in [0.29, 0.717) is 17.8 Å². The standard InChI is InChI=1S/C21H19F3N4O3/c22-21(23,24)14-1-3-15(4-2-14)31-19-16(17-5-8-27-28-17)9-13(10-25-19)18(30)26-11-20(12-29)6-7-20/h1-5,8-10,29H,6-7,11-12H2,(H,26,30)(H,27,28). The van der Waals surface area contributed by atoms with Gasteiger partial charge in [-0.05, 0) is 49.2 Å². The lowest BCUT2D eigenvalue weighted by Crippen LogP contribution is -2.31. The van der Waals surface area contributed by atoms with Crippen LogP contribution in [-0.4, -0.2) is 39.3 Å². The molecule has 2 aromatic heterocycles. The van der Waals surface area contributed by atoms with Crippen molar-refractivity contribution in [2.75, 3.05) is 13.2 Å². The largest absolute Gasteiger partial charge is 0.438 e. The number of carbonyl (C=O) groups is 1. The van der Waals surface area contributed by atoms with Crippen LogP contribution < -0.4 is 10.1 Å². The second kappa shape index (κ2) is 8.03. The molecule has 0 bridgehead atoms. The molecule has 1 aromatic carbocycles. The van der Waals surface area contributed by atoms with Crippen LogP contribution >= 0.6 is 0 Å². The SMILES string of the molecule is O=C(NCC1(CO)CC1)c1cnc(Oc2ccc(C(F)(F)F)cc2)c(-c2ccn[nH]2)c1. The van der Waals surface area contributed by atoms with Crippen molar-refractivity contribution in [3.8, 4) is 22.9 Å². The summed E-state index contributed by atoms with van der Waals surface area (Å²) in [5, 5.41) is 18.8. The lowest BCUT2D eigenvalue weighted by atomic mass is 10.1. The van der Waals surface area contributed by atoms with Gasteiger partial charge >= 0.3 is 6.18 Å². The third-order valence-corrected chi connectivity index (χ3v) is 5.22. The van der Waals surface area contributed by atoms with Crippen LogP contribution in [0.3, 0.4) is 0 Å². The number of nitrogens with zero attached hydrogens (tertiary/aromatic N) is 2. The Morgan fingerprint density at radius 1 is 1.23 bits per heavy atom. The van der Waals surface area contributed by atoms with Crippen molar-refractivity contribution in [2.24, 2.45) is 5.41 Å². The van der Waals surface area contributed by atoms with Gasteiger partial charge in [-0.15, -0.1) is 0 Å². The molecule has 7 nitrogen and oxygen atoms in total. The number of alkyl halides is 3. The summed E-state index contributed by atoms with van der Waals surface area (Å²) < 4.78 is 44.0. The number of pyridine rings is 1. The molecule has 0 unspecified atom stereocenters. The monoisotopic (exact) mass is 432 g/mol. The minimum absolute atomic E-state index is 0.0187. The maximum absolute atomic E-state index is 12.8. The summed E-state index contributed by atoms with van der Waals surface area (Å²) in [4.78, 5) is 16.8. The Kier molecular flexibility index (Phi) is 5.40. The molecule has 1 amide bonds. The molecule has 31 heavy (non-hydrogen) atoms. The number of aliphatic hydroxyl groups excluding tert-OH is 1. The third kappa shape index (κ3) is 4.69. The Morgan fingerprint density at radius 2 is 1.97 bits per heavy atom. The maximum atomic E-state index is 12.8. The van der Waals surface area contributed by atoms with Gasteiger partial charge in [-0.3, -0.25) is 9.89 Å². The topological polar surface area (TPSA) is 100 Å². The molecule has 1 saturated carbocycles. The van der Waals surface area contributed by atoms with Gasteiger partial charge in [-0.25, -0.2) is 4.98 Å². The van der Waals surface area contributed by atoms with Gasteiger partial charge in [0.25, 0.3) is 5.91 Å². The van der Waals surface area contributed by atoms with Crippen LogP contribution in [0.15, 0.2) is 48.8 Å². The van der Waals surface area contributed by atoms with Crippen molar-refractivity contribution in [3.05, 3.63) is 59.9 Å². The van der Waals surface area contributed by atoms with E-state index in [0.717, 1.165) is 25.0 Å². The lowest BCUT2D eigenvalue weighted by Gasteiger charge is -2.14. The number of halogens is 3. The number of amides is 1. The summed E-state index contributed by atoms with van der Waals surface area (Å²) in [5.74, 6) is -0.0826. The Morgan fingerprint density at radius 3 is 2.55 bits per heavy atom. The number of rotatable bonds is 7. The van der Waals surface area contributed by atoms with Gasteiger partial charge in [0.15, 0.2) is 0 Å². The van der Waals surface area contributed by atoms with Crippen LogP contribution in [0.4, 0.5) is 13.2 Å². The first-order valence-electron chi connectivity index (χ1n) is 9.54. The van der Waals surface area contributed by atoms with Gasteiger partial charge in [-0.1, -0.05) is 0 Å². The average molecular weight is 432 g/mol. The number of aromatic nitrogens is 3. The highest BCUT2D eigenvalue weighted by atomic mass is 19.4. The Bertz CT molecular complexity index is 1060. The number of hydrogen-bond donors (Lipinski definition) is 3. The minimum atomic E-state index is -4.44. The molecule has 10 heteroatoms. The van der Waals surface area contributed by atoms with Crippen molar-refractivity contribution in [3.63, 3.8) is 0 Å². The highest BCUT2D eigenvalue weighted by molar-refractivity contribution is 5.95. The molecule has 0 aliphatic heterocycles. The van der Waals surface area contributed by atoms with Crippen molar-refractivity contribution in [1.82, 2.24) is 20.5 Å². The van der Waals surface area contributed by atoms with Crippen molar-refractivity contribution < 1.29 is 27.8 Å². The molecule has 1 aliphatic rings. The summed E-state index contributed by atoms with van der Waals surface area (Å²) in [6.07, 6.45) is 0.125. The number of carbonyl (C=O) groups excluding carboxylic acids is 1. The van der Waals surface area contributed by atoms with E-state index in [1.54, 1.807) is 12.1 Å². The third-order valence-electron chi connectivity index (χ3n) is 5.22. The van der Waals surface area contributed by atoms with Crippen LogP contribution in [-0.2, 0) is 6.18 Å². The van der Waals surface area contributed by atoms with Crippen molar-refractivity contribution in [1.29, 1.82) is 0 Å². The van der Waals surface area contributed by atoms with Crippen LogP contribution in [0.5, 0.6) is 11.6 Å². The molecule has 3 aromatic rings. The number of aliphatic hydroxyl groups is 1. The van der Waals surface area contributed by atoms with Crippen molar-refractivity contribution in [2.45, 2.75) is 19.0 Å². The quantitative estimate of drug-likeness (QED) is 0.528. The smallest absolute Gasteiger partial charge is 0.416 e. The molecule has 4 rings (SSSR count). The van der Waals surface area contributed by atoms with E-state index in [-0.39, 0.29) is 35.1 Å². The first-order valence-corrected chi connectivity index (χ1v) is 9.54. The zero-order valence-electron chi connectivity index (χ0n) is 16.2. The van der Waals surface area contributed by atoms with E-state index in [2.05, 4.69) is 20.5 Å². The molecule has 3 N–H and O–H groups in total. The molecular weight excluding hydrogens is 413 g/mol. The van der Waals surface area contributed by atoms with E-state index in [9.17, 15) is 23.1 Å². The highest BCUT2D eigenvalue weighted by Gasteiger charge is 2.42. The predicted octanol–water partition coefficient (Wildman–Crippen LogP) is 3.79. The van der Waals surface area contributed by atoms with E-state index >= 15 is 0 Å². The number of H-pyrrole nitrogens is 1. The van der Waals surface area contributed by atoms with Gasteiger partial charge in [0.05, 0.1) is 29.0 Å². The normalized spacial score (nSPS) is 14.8. The van der Waals surface area contributed by atoms with Gasteiger partial charge in [0.1, 0.15) is 5.75 Å². The van der Waals surface area contributed by atoms with E-state index in [1.807, 2.05) is 0 Å². The summed E-state index contributed by atoms with van der Waals surface area (Å²) in [6, 6.07) is 7.46. The molecule has 0 atom stereocenters. The average Bonchev–Trinajstić information content (AvgIpc) is 3.34. The van der Waals surface area contributed by atoms with Crippen LogP contribution in [0.2, 0.25) is 0 Å². The van der Waals surface area contributed by atoms with E-state index < -0.39 is 11.7 Å². The zero-order valence-corrected chi connectivity index (χ0v) is 16.2. The second-order valence-electron chi connectivity index (χ2n) is 7.51. The number of hydrogen-bond acceptors (Lipinski definition) is 5. The molecule has 2 heterocycles. The second-order valence-corrected chi connectivity index (χ2v) is 7.51. The maximum Gasteiger partial charge on any atom is 0.416 e. The fraction of sp³-hybridized carbons (Fsp3) is 0.286. The lowest BCUT2D eigenvalue weighted by molar-refractivity contribution is -0.137. The Labute approximate surface area is 175 Å². The fourth-order valence-electron chi connectivity index (χ4n) is 3.02. The first kappa shape index (κ1) is 20.9. The number of ether oxygens (including phenoxy) is 1. The van der Waals surface area contributed by atoms with Gasteiger partial charge in [0.2, 0.25) is 5.88 Å². The number of nitrogens with one attached hydrogen (secondary N) is 2.